The van der Waals surface area contributed by atoms with E-state index in [1.807, 2.05) is 6.07 Å². The van der Waals surface area contributed by atoms with Crippen molar-refractivity contribution in [1.82, 2.24) is 0 Å². The number of rotatable bonds is 4. The summed E-state index contributed by atoms with van der Waals surface area (Å²) in [5, 5.41) is 12.1. The zero-order valence-corrected chi connectivity index (χ0v) is 8.71. The van der Waals surface area contributed by atoms with E-state index >= 15 is 0 Å². The molecule has 78 valence electrons. The van der Waals surface area contributed by atoms with Crippen LogP contribution >= 0.6 is 11.6 Å². The molecule has 0 spiro atoms. The molecule has 0 saturated carbocycles. The molecular formula is C10H10ClN3O. The zero-order chi connectivity index (χ0) is 11.3. The van der Waals surface area contributed by atoms with Crippen LogP contribution in [0.25, 0.3) is 0 Å². The number of amides is 1. The Hall–Kier alpha value is -1.73. The predicted octanol–water partition coefficient (Wildman–Crippen LogP) is 1.50. The highest BCUT2D eigenvalue weighted by atomic mass is 35.5. The Morgan fingerprint density at radius 2 is 2.33 bits per heavy atom. The van der Waals surface area contributed by atoms with E-state index in [0.29, 0.717) is 22.8 Å². The van der Waals surface area contributed by atoms with Crippen LogP contribution in [0.1, 0.15) is 12.0 Å². The Morgan fingerprint density at radius 3 is 2.93 bits per heavy atom. The molecule has 15 heavy (non-hydrogen) atoms. The van der Waals surface area contributed by atoms with Crippen LogP contribution in [0.15, 0.2) is 18.2 Å². The Morgan fingerprint density at radius 1 is 1.60 bits per heavy atom. The number of hydrogen-bond donors (Lipinski definition) is 2. The van der Waals surface area contributed by atoms with Crippen molar-refractivity contribution in [2.24, 2.45) is 5.73 Å². The standard InChI is InChI=1S/C10H10ClN3O/c11-8-2-1-7(6-12)5-9(8)14-4-3-10(13)15/h1-2,5,14H,3-4H2,(H2,13,15). The van der Waals surface area contributed by atoms with Crippen molar-refractivity contribution in [3.05, 3.63) is 28.8 Å². The highest BCUT2D eigenvalue weighted by Crippen LogP contribution is 2.22. The SMILES string of the molecule is N#Cc1ccc(Cl)c(NCCC(N)=O)c1. The molecule has 1 rings (SSSR count). The number of halogens is 1. The smallest absolute Gasteiger partial charge is 0.219 e. The summed E-state index contributed by atoms with van der Waals surface area (Å²) in [5.74, 6) is -0.380. The van der Waals surface area contributed by atoms with Crippen LogP contribution < -0.4 is 11.1 Å². The summed E-state index contributed by atoms with van der Waals surface area (Å²) in [4.78, 5) is 10.5. The van der Waals surface area contributed by atoms with Gasteiger partial charge in [0.1, 0.15) is 0 Å². The van der Waals surface area contributed by atoms with Crippen molar-refractivity contribution in [2.75, 3.05) is 11.9 Å². The molecule has 0 fully saturated rings. The van der Waals surface area contributed by atoms with Crippen molar-refractivity contribution >= 4 is 23.2 Å². The second kappa shape index (κ2) is 5.23. The highest BCUT2D eigenvalue weighted by Gasteiger charge is 2.01. The average molecular weight is 224 g/mol. The van der Waals surface area contributed by atoms with E-state index in [2.05, 4.69) is 5.32 Å². The minimum Gasteiger partial charge on any atom is -0.383 e. The fraction of sp³-hybridized carbons (Fsp3) is 0.200. The average Bonchev–Trinajstić information content (AvgIpc) is 2.20. The number of primary amides is 1. The first-order valence-electron chi connectivity index (χ1n) is 4.35. The molecule has 1 aromatic rings. The van der Waals surface area contributed by atoms with Gasteiger partial charge < -0.3 is 11.1 Å². The van der Waals surface area contributed by atoms with Crippen LogP contribution in [0.2, 0.25) is 5.02 Å². The maximum atomic E-state index is 10.5. The second-order valence-electron chi connectivity index (χ2n) is 2.95. The molecule has 3 N–H and O–H groups in total. The van der Waals surface area contributed by atoms with Crippen LogP contribution in [0.4, 0.5) is 5.69 Å². The van der Waals surface area contributed by atoms with E-state index in [1.165, 1.54) is 0 Å². The van der Waals surface area contributed by atoms with Crippen LogP contribution in [0.5, 0.6) is 0 Å². The van der Waals surface area contributed by atoms with E-state index < -0.39 is 0 Å². The first kappa shape index (κ1) is 11.3. The molecule has 0 aliphatic carbocycles. The Labute approximate surface area is 92.6 Å². The maximum Gasteiger partial charge on any atom is 0.219 e. The van der Waals surface area contributed by atoms with Gasteiger partial charge in [-0.1, -0.05) is 11.6 Å². The molecule has 4 nitrogen and oxygen atoms in total. The lowest BCUT2D eigenvalue weighted by Crippen LogP contribution is -2.15. The third kappa shape index (κ3) is 3.49. The minimum atomic E-state index is -0.380. The fourth-order valence-corrected chi connectivity index (χ4v) is 1.24. The number of carbonyl (C=O) groups excluding carboxylic acids is 1. The van der Waals surface area contributed by atoms with E-state index in [-0.39, 0.29) is 12.3 Å². The van der Waals surface area contributed by atoms with Gasteiger partial charge in [0, 0.05) is 13.0 Å². The fourth-order valence-electron chi connectivity index (χ4n) is 1.05. The molecule has 5 heteroatoms. The van der Waals surface area contributed by atoms with Gasteiger partial charge in [-0.2, -0.15) is 5.26 Å². The Bertz CT molecular complexity index is 412. The van der Waals surface area contributed by atoms with E-state index in [9.17, 15) is 4.79 Å². The molecule has 0 heterocycles. The van der Waals surface area contributed by atoms with Gasteiger partial charge in [0.2, 0.25) is 5.91 Å². The largest absolute Gasteiger partial charge is 0.383 e. The quantitative estimate of drug-likeness (QED) is 0.812. The number of nitrogens with zero attached hydrogens (tertiary/aromatic N) is 1. The zero-order valence-electron chi connectivity index (χ0n) is 7.96. The van der Waals surface area contributed by atoms with Crippen LogP contribution in [-0.4, -0.2) is 12.5 Å². The van der Waals surface area contributed by atoms with Crippen LogP contribution in [0.3, 0.4) is 0 Å². The summed E-state index contributed by atoms with van der Waals surface area (Å²) in [6.07, 6.45) is 0.229. The predicted molar refractivity (Wildman–Crippen MR) is 58.5 cm³/mol. The number of benzene rings is 1. The lowest BCUT2D eigenvalue weighted by atomic mass is 10.2. The highest BCUT2D eigenvalue weighted by molar-refractivity contribution is 6.33. The van der Waals surface area contributed by atoms with Gasteiger partial charge in [-0.05, 0) is 18.2 Å². The number of anilines is 1. The van der Waals surface area contributed by atoms with E-state index in [0.717, 1.165) is 0 Å². The summed E-state index contributed by atoms with van der Waals surface area (Å²) < 4.78 is 0. The van der Waals surface area contributed by atoms with E-state index in [4.69, 9.17) is 22.6 Å². The van der Waals surface area contributed by atoms with Gasteiger partial charge in [0.25, 0.3) is 0 Å². The molecule has 0 radical (unpaired) electrons. The summed E-state index contributed by atoms with van der Waals surface area (Å²) in [7, 11) is 0. The summed E-state index contributed by atoms with van der Waals surface area (Å²) in [6.45, 7) is 0.407. The second-order valence-corrected chi connectivity index (χ2v) is 3.36. The minimum absolute atomic E-state index is 0.229. The maximum absolute atomic E-state index is 10.5. The monoisotopic (exact) mass is 223 g/mol. The van der Waals surface area contributed by atoms with Gasteiger partial charge in [0.15, 0.2) is 0 Å². The molecular weight excluding hydrogens is 214 g/mol. The number of nitrogens with one attached hydrogen (secondary N) is 1. The van der Waals surface area contributed by atoms with Crippen molar-refractivity contribution in [3.63, 3.8) is 0 Å². The Balaban J connectivity index is 2.68. The van der Waals surface area contributed by atoms with Gasteiger partial charge in [-0.25, -0.2) is 0 Å². The van der Waals surface area contributed by atoms with Gasteiger partial charge in [-0.3, -0.25) is 4.79 Å². The molecule has 0 aliphatic rings. The first-order valence-corrected chi connectivity index (χ1v) is 4.73. The van der Waals surface area contributed by atoms with Crippen molar-refractivity contribution in [1.29, 1.82) is 5.26 Å². The third-order valence-corrected chi connectivity index (χ3v) is 2.11. The van der Waals surface area contributed by atoms with Crippen LogP contribution in [0, 0.1) is 11.3 Å². The van der Waals surface area contributed by atoms with Crippen molar-refractivity contribution in [3.8, 4) is 6.07 Å². The van der Waals surface area contributed by atoms with Gasteiger partial charge in [-0.15, -0.1) is 0 Å². The van der Waals surface area contributed by atoms with E-state index in [1.54, 1.807) is 18.2 Å². The molecule has 0 aromatic heterocycles. The first-order chi connectivity index (χ1) is 7.13. The summed E-state index contributed by atoms with van der Waals surface area (Å²) in [5.41, 5.74) is 6.14. The van der Waals surface area contributed by atoms with Gasteiger partial charge >= 0.3 is 0 Å². The lowest BCUT2D eigenvalue weighted by molar-refractivity contribution is -0.117. The topological polar surface area (TPSA) is 78.9 Å². The molecule has 1 aromatic carbocycles. The van der Waals surface area contributed by atoms with Gasteiger partial charge in [0.05, 0.1) is 22.3 Å². The molecule has 0 aliphatic heterocycles. The molecule has 0 atom stereocenters. The van der Waals surface area contributed by atoms with Crippen molar-refractivity contribution in [2.45, 2.75) is 6.42 Å². The normalized spacial score (nSPS) is 9.33. The summed E-state index contributed by atoms with van der Waals surface area (Å²) >= 11 is 5.88. The number of carbonyl (C=O) groups is 1. The molecule has 0 unspecified atom stereocenters. The number of nitrogens with two attached hydrogens (primary N) is 1. The molecule has 0 saturated heterocycles. The molecule has 0 bridgehead atoms. The third-order valence-electron chi connectivity index (χ3n) is 1.78. The lowest BCUT2D eigenvalue weighted by Gasteiger charge is -2.07. The molecule has 1 amide bonds. The number of nitriles is 1. The summed E-state index contributed by atoms with van der Waals surface area (Å²) in [6, 6.07) is 6.89. The Kier molecular flexibility index (Phi) is 3.95. The van der Waals surface area contributed by atoms with Crippen LogP contribution in [-0.2, 0) is 4.79 Å². The van der Waals surface area contributed by atoms with Crippen molar-refractivity contribution < 1.29 is 4.79 Å². The number of hydrogen-bond acceptors (Lipinski definition) is 3.